The molecule has 0 spiro atoms. The average molecular weight is 398 g/mol. The lowest BCUT2D eigenvalue weighted by molar-refractivity contribution is 0.143. The molecule has 0 saturated heterocycles. The number of benzene rings is 3. The van der Waals surface area contributed by atoms with Gasteiger partial charge in [0, 0.05) is 12.5 Å². The highest BCUT2D eigenvalue weighted by atomic mass is 16.5. The number of carbonyl (C=O) groups excluding carboxylic acids is 1. The van der Waals surface area contributed by atoms with Gasteiger partial charge in [-0.25, -0.2) is 4.79 Å². The Hall–Kier alpha value is -3.33. The molecule has 0 heterocycles. The molecule has 1 amide bonds. The molecule has 0 saturated carbocycles. The predicted octanol–water partition coefficient (Wildman–Crippen LogP) is 6.25. The number of hydrogen-bond acceptors (Lipinski definition) is 2. The lowest BCUT2D eigenvalue weighted by Crippen LogP contribution is -2.26. The molecule has 3 heteroatoms. The van der Waals surface area contributed by atoms with Crippen LogP contribution in [0.4, 0.5) is 4.79 Å². The van der Waals surface area contributed by atoms with Crippen molar-refractivity contribution in [3.63, 3.8) is 0 Å². The minimum absolute atomic E-state index is 0.0899. The monoisotopic (exact) mass is 397 g/mol. The molecule has 0 aliphatic heterocycles. The van der Waals surface area contributed by atoms with Gasteiger partial charge in [0.25, 0.3) is 0 Å². The van der Waals surface area contributed by atoms with Gasteiger partial charge in [0.2, 0.25) is 0 Å². The van der Waals surface area contributed by atoms with Crippen LogP contribution in [0.1, 0.15) is 40.2 Å². The first-order valence-electron chi connectivity index (χ1n) is 10.5. The van der Waals surface area contributed by atoms with Gasteiger partial charge in [-0.05, 0) is 59.2 Å². The van der Waals surface area contributed by atoms with Gasteiger partial charge >= 0.3 is 6.09 Å². The van der Waals surface area contributed by atoms with Crippen LogP contribution >= 0.6 is 0 Å². The summed E-state index contributed by atoms with van der Waals surface area (Å²) in [6.45, 7) is 5.12. The zero-order valence-corrected chi connectivity index (χ0v) is 17.5. The van der Waals surface area contributed by atoms with E-state index >= 15 is 0 Å². The molecular weight excluding hydrogens is 370 g/mol. The second kappa shape index (κ2) is 9.00. The highest BCUT2D eigenvalue weighted by Crippen LogP contribution is 2.44. The van der Waals surface area contributed by atoms with Crippen molar-refractivity contribution < 1.29 is 9.53 Å². The molecule has 30 heavy (non-hydrogen) atoms. The quantitative estimate of drug-likeness (QED) is 0.500. The van der Waals surface area contributed by atoms with Gasteiger partial charge in [-0.2, -0.15) is 0 Å². The third kappa shape index (κ3) is 4.16. The molecule has 3 aromatic carbocycles. The Labute approximate surface area is 178 Å². The molecule has 0 bridgehead atoms. The molecule has 0 atom stereocenters. The molecule has 152 valence electrons. The summed E-state index contributed by atoms with van der Waals surface area (Å²) in [6, 6.07) is 23.0. The minimum atomic E-state index is -0.364. The maximum atomic E-state index is 12.2. The zero-order chi connectivity index (χ0) is 20.9. The summed E-state index contributed by atoms with van der Waals surface area (Å²) in [5.41, 5.74) is 8.69. The molecule has 1 N–H and O–H groups in total. The number of hydrogen-bond donors (Lipinski definition) is 1. The second-order valence-electron chi connectivity index (χ2n) is 7.75. The van der Waals surface area contributed by atoms with Crippen molar-refractivity contribution in [3.05, 3.63) is 101 Å². The molecule has 1 aliphatic carbocycles. The molecule has 0 radical (unpaired) electrons. The normalized spacial score (nSPS) is 12.6. The van der Waals surface area contributed by atoms with Crippen LogP contribution in [-0.4, -0.2) is 19.2 Å². The lowest BCUT2D eigenvalue weighted by atomic mass is 9.98. The van der Waals surface area contributed by atoms with Gasteiger partial charge in [-0.3, -0.25) is 0 Å². The topological polar surface area (TPSA) is 38.3 Å². The van der Waals surface area contributed by atoms with Crippen molar-refractivity contribution in [3.8, 4) is 11.1 Å². The lowest BCUT2D eigenvalue weighted by Gasteiger charge is -2.14. The van der Waals surface area contributed by atoms with E-state index in [1.807, 2.05) is 12.1 Å². The summed E-state index contributed by atoms with van der Waals surface area (Å²) in [7, 11) is 0. The number of ether oxygens (including phenoxy) is 1. The first-order valence-corrected chi connectivity index (χ1v) is 10.5. The number of amides is 1. The maximum absolute atomic E-state index is 12.2. The fourth-order valence-corrected chi connectivity index (χ4v) is 4.20. The smallest absolute Gasteiger partial charge is 0.407 e. The van der Waals surface area contributed by atoms with E-state index < -0.39 is 0 Å². The largest absolute Gasteiger partial charge is 0.449 e. The Morgan fingerprint density at radius 2 is 1.50 bits per heavy atom. The summed E-state index contributed by atoms with van der Waals surface area (Å²) in [6.07, 6.45) is 4.62. The molecule has 0 fully saturated rings. The van der Waals surface area contributed by atoms with Crippen LogP contribution in [0.15, 0.2) is 72.8 Å². The fraction of sp³-hybridized carbons (Fsp3) is 0.222. The molecule has 0 aromatic heterocycles. The summed E-state index contributed by atoms with van der Waals surface area (Å²) >= 11 is 0. The summed E-state index contributed by atoms with van der Waals surface area (Å²) in [5, 5.41) is 2.86. The van der Waals surface area contributed by atoms with Crippen molar-refractivity contribution >= 4 is 12.2 Å². The summed E-state index contributed by atoms with van der Waals surface area (Å²) < 4.78 is 5.57. The molecular formula is C27H27NO2. The van der Waals surface area contributed by atoms with Crippen LogP contribution in [0, 0.1) is 13.8 Å². The van der Waals surface area contributed by atoms with E-state index in [0.717, 1.165) is 6.42 Å². The van der Waals surface area contributed by atoms with Crippen LogP contribution in [0.5, 0.6) is 0 Å². The first kappa shape index (κ1) is 20.0. The Morgan fingerprint density at radius 1 is 0.900 bits per heavy atom. The number of alkyl carbamates (subject to hydrolysis) is 1. The van der Waals surface area contributed by atoms with Gasteiger partial charge in [-0.15, -0.1) is 0 Å². The van der Waals surface area contributed by atoms with Crippen LogP contribution in [0.25, 0.3) is 17.2 Å². The van der Waals surface area contributed by atoms with E-state index in [1.165, 1.54) is 38.9 Å². The molecule has 4 rings (SSSR count). The van der Waals surface area contributed by atoms with Crippen molar-refractivity contribution in [2.45, 2.75) is 26.2 Å². The van der Waals surface area contributed by atoms with E-state index in [2.05, 4.69) is 85.9 Å². The van der Waals surface area contributed by atoms with E-state index in [1.54, 1.807) is 0 Å². The number of rotatable bonds is 6. The Bertz CT molecular complexity index is 1020. The third-order valence-corrected chi connectivity index (χ3v) is 5.75. The molecule has 3 nitrogen and oxygen atoms in total. The van der Waals surface area contributed by atoms with E-state index in [-0.39, 0.29) is 12.0 Å². The maximum Gasteiger partial charge on any atom is 0.407 e. The Morgan fingerprint density at radius 3 is 2.13 bits per heavy atom. The van der Waals surface area contributed by atoms with E-state index in [4.69, 9.17) is 4.74 Å². The third-order valence-electron chi connectivity index (χ3n) is 5.75. The zero-order valence-electron chi connectivity index (χ0n) is 17.5. The predicted molar refractivity (Wildman–Crippen MR) is 123 cm³/mol. The van der Waals surface area contributed by atoms with E-state index in [9.17, 15) is 4.79 Å². The Balaban J connectivity index is 1.29. The van der Waals surface area contributed by atoms with Crippen LogP contribution in [0.2, 0.25) is 0 Å². The summed E-state index contributed by atoms with van der Waals surface area (Å²) in [4.78, 5) is 12.2. The standard InChI is InChI=1S/C27H27NO2/c1-19-10-9-11-20(2)21(19)12-7-8-17-28-27(29)30-18-26-24-15-5-3-13-22(24)23-14-4-6-16-25(23)26/h3-7,9-16,26H,8,17-18H2,1-2H3,(H,28,29). The fourth-order valence-electron chi connectivity index (χ4n) is 4.20. The Kier molecular flexibility index (Phi) is 5.99. The van der Waals surface area contributed by atoms with Gasteiger partial charge < -0.3 is 10.1 Å². The van der Waals surface area contributed by atoms with Crippen LogP contribution in [-0.2, 0) is 4.74 Å². The SMILES string of the molecule is Cc1cccc(C)c1C=CCCNC(=O)OCC1c2ccccc2-c2ccccc21. The van der Waals surface area contributed by atoms with Crippen LogP contribution < -0.4 is 5.32 Å². The highest BCUT2D eigenvalue weighted by molar-refractivity contribution is 5.79. The first-order chi connectivity index (χ1) is 14.6. The van der Waals surface area contributed by atoms with Crippen molar-refractivity contribution in [1.29, 1.82) is 0 Å². The molecule has 0 unspecified atom stereocenters. The highest BCUT2D eigenvalue weighted by Gasteiger charge is 2.28. The second-order valence-corrected chi connectivity index (χ2v) is 7.75. The van der Waals surface area contributed by atoms with Crippen molar-refractivity contribution in [2.75, 3.05) is 13.2 Å². The van der Waals surface area contributed by atoms with Crippen LogP contribution in [0.3, 0.4) is 0 Å². The minimum Gasteiger partial charge on any atom is -0.449 e. The van der Waals surface area contributed by atoms with Crippen molar-refractivity contribution in [2.24, 2.45) is 0 Å². The number of aryl methyl sites for hydroxylation is 2. The van der Waals surface area contributed by atoms with Gasteiger partial charge in [0.1, 0.15) is 6.61 Å². The van der Waals surface area contributed by atoms with Gasteiger partial charge in [0.05, 0.1) is 0 Å². The number of fused-ring (bicyclic) bond motifs is 3. The molecule has 3 aromatic rings. The molecule has 1 aliphatic rings. The van der Waals surface area contributed by atoms with Gasteiger partial charge in [0.15, 0.2) is 0 Å². The number of carbonyl (C=O) groups is 1. The van der Waals surface area contributed by atoms with Crippen molar-refractivity contribution in [1.82, 2.24) is 5.32 Å². The summed E-state index contributed by atoms with van der Waals surface area (Å²) in [5.74, 6) is 0.0899. The van der Waals surface area contributed by atoms with E-state index in [0.29, 0.717) is 13.2 Å². The van der Waals surface area contributed by atoms with Gasteiger partial charge in [-0.1, -0.05) is 78.9 Å². The number of nitrogens with one attached hydrogen (secondary N) is 1. The average Bonchev–Trinajstić information content (AvgIpc) is 3.08.